The van der Waals surface area contributed by atoms with E-state index in [4.69, 9.17) is 15.0 Å². The van der Waals surface area contributed by atoms with Gasteiger partial charge in [-0.15, -0.1) is 0 Å². The summed E-state index contributed by atoms with van der Waals surface area (Å²) in [6, 6.07) is 61.0. The molecule has 0 saturated carbocycles. The summed E-state index contributed by atoms with van der Waals surface area (Å²) in [7, 11) is 0. The van der Waals surface area contributed by atoms with E-state index in [1.54, 1.807) is 0 Å². The lowest BCUT2D eigenvalue weighted by molar-refractivity contribution is 1.18. The number of rotatable bonds is 6. The van der Waals surface area contributed by atoms with E-state index in [0.29, 0.717) is 5.82 Å². The number of fused-ring (bicyclic) bond motifs is 5. The van der Waals surface area contributed by atoms with Crippen molar-refractivity contribution in [2.75, 3.05) is 0 Å². The van der Waals surface area contributed by atoms with E-state index in [0.717, 1.165) is 88.7 Å². The van der Waals surface area contributed by atoms with Gasteiger partial charge >= 0.3 is 0 Å². The SMILES string of the molecule is c1ccc(-c2ccc(-c3nc(-c4ccccc4)cc(-c4cccc(-c5ccc(-c6nc7ccccc7c7c6ccc6nsnc67)cc5)c4)n3)cc2)cc1. The molecule has 6 heteroatoms. The zero-order valence-corrected chi connectivity index (χ0v) is 29.2. The lowest BCUT2D eigenvalue weighted by atomic mass is 9.96. The Balaban J connectivity index is 1.03. The van der Waals surface area contributed by atoms with E-state index in [9.17, 15) is 0 Å². The van der Waals surface area contributed by atoms with Crippen LogP contribution in [0.15, 0.2) is 176 Å². The minimum Gasteiger partial charge on any atom is -0.247 e. The Hall–Kier alpha value is -6.89. The minimum atomic E-state index is 0.691. The maximum absolute atomic E-state index is 5.15. The van der Waals surface area contributed by atoms with Crippen molar-refractivity contribution in [3.05, 3.63) is 176 Å². The molecule has 3 aromatic heterocycles. The quantitative estimate of drug-likeness (QED) is 0.162. The van der Waals surface area contributed by atoms with Crippen LogP contribution in [0.5, 0.6) is 0 Å². The Bertz CT molecular complexity index is 2920. The van der Waals surface area contributed by atoms with Crippen molar-refractivity contribution in [2.45, 2.75) is 0 Å². The molecule has 248 valence electrons. The molecule has 0 bridgehead atoms. The van der Waals surface area contributed by atoms with Crippen LogP contribution in [0.3, 0.4) is 0 Å². The molecule has 0 atom stereocenters. The Kier molecular flexibility index (Phi) is 7.59. The first-order chi connectivity index (χ1) is 26.2. The summed E-state index contributed by atoms with van der Waals surface area (Å²) in [6.07, 6.45) is 0. The van der Waals surface area contributed by atoms with Crippen molar-refractivity contribution in [3.63, 3.8) is 0 Å². The third-order valence-corrected chi connectivity index (χ3v) is 10.3. The summed E-state index contributed by atoms with van der Waals surface area (Å²) >= 11 is 1.25. The second-order valence-electron chi connectivity index (χ2n) is 13.0. The molecule has 10 aromatic rings. The molecule has 0 aliphatic rings. The Labute approximate surface area is 310 Å². The van der Waals surface area contributed by atoms with Crippen molar-refractivity contribution < 1.29 is 0 Å². The zero-order chi connectivity index (χ0) is 35.1. The summed E-state index contributed by atoms with van der Waals surface area (Å²) in [6.45, 7) is 0. The summed E-state index contributed by atoms with van der Waals surface area (Å²) in [4.78, 5) is 15.3. The average molecular weight is 696 g/mol. The topological polar surface area (TPSA) is 64.5 Å². The van der Waals surface area contributed by atoms with Gasteiger partial charge < -0.3 is 0 Å². The van der Waals surface area contributed by atoms with Crippen molar-refractivity contribution >= 4 is 44.4 Å². The Morgan fingerprint density at radius 1 is 0.340 bits per heavy atom. The number of para-hydroxylation sites is 1. The highest BCUT2D eigenvalue weighted by molar-refractivity contribution is 7.00. The first kappa shape index (κ1) is 30.9. The summed E-state index contributed by atoms with van der Waals surface area (Å²) in [5.41, 5.74) is 14.1. The van der Waals surface area contributed by atoms with Gasteiger partial charge in [0, 0.05) is 38.4 Å². The fourth-order valence-corrected chi connectivity index (χ4v) is 7.65. The van der Waals surface area contributed by atoms with E-state index < -0.39 is 0 Å². The molecule has 0 radical (unpaired) electrons. The van der Waals surface area contributed by atoms with Gasteiger partial charge in [0.1, 0.15) is 11.0 Å². The first-order valence-corrected chi connectivity index (χ1v) is 18.2. The van der Waals surface area contributed by atoms with Crippen LogP contribution in [0.1, 0.15) is 0 Å². The highest BCUT2D eigenvalue weighted by Crippen LogP contribution is 2.37. The minimum absolute atomic E-state index is 0.691. The molecule has 0 N–H and O–H groups in total. The van der Waals surface area contributed by atoms with E-state index in [2.05, 4.69) is 148 Å². The third-order valence-electron chi connectivity index (χ3n) is 9.78. The molecule has 0 fully saturated rings. The predicted molar refractivity (Wildman–Crippen MR) is 218 cm³/mol. The first-order valence-electron chi connectivity index (χ1n) is 17.5. The van der Waals surface area contributed by atoms with Gasteiger partial charge in [-0.1, -0.05) is 146 Å². The van der Waals surface area contributed by atoms with Crippen molar-refractivity contribution in [1.82, 2.24) is 23.7 Å². The Morgan fingerprint density at radius 2 is 0.925 bits per heavy atom. The molecule has 3 heterocycles. The smallest absolute Gasteiger partial charge is 0.160 e. The third kappa shape index (κ3) is 5.72. The predicted octanol–water partition coefficient (Wildman–Crippen LogP) is 12.2. The zero-order valence-electron chi connectivity index (χ0n) is 28.4. The second kappa shape index (κ2) is 13.0. The summed E-state index contributed by atoms with van der Waals surface area (Å²) < 4.78 is 9.18. The molecule has 0 spiro atoms. The summed E-state index contributed by atoms with van der Waals surface area (Å²) in [5.74, 6) is 0.691. The van der Waals surface area contributed by atoms with Crippen LogP contribution in [0.4, 0.5) is 0 Å². The monoisotopic (exact) mass is 695 g/mol. The molecule has 10 rings (SSSR count). The van der Waals surface area contributed by atoms with Crippen LogP contribution in [0.2, 0.25) is 0 Å². The maximum atomic E-state index is 5.15. The van der Waals surface area contributed by atoms with Gasteiger partial charge in [0.2, 0.25) is 0 Å². The molecular weight excluding hydrogens is 667 g/mol. The maximum Gasteiger partial charge on any atom is 0.160 e. The van der Waals surface area contributed by atoms with Crippen molar-refractivity contribution in [3.8, 4) is 67.4 Å². The number of hydrogen-bond acceptors (Lipinski definition) is 6. The second-order valence-corrected chi connectivity index (χ2v) is 13.6. The van der Waals surface area contributed by atoms with Gasteiger partial charge in [0.05, 0.1) is 34.3 Å². The van der Waals surface area contributed by atoms with E-state index >= 15 is 0 Å². The largest absolute Gasteiger partial charge is 0.247 e. The molecular formula is C47H29N5S. The average Bonchev–Trinajstić information content (AvgIpc) is 3.73. The molecule has 5 nitrogen and oxygen atoms in total. The van der Waals surface area contributed by atoms with Gasteiger partial charge in [-0.05, 0) is 52.6 Å². The lowest BCUT2D eigenvalue weighted by Gasteiger charge is -2.12. The number of aromatic nitrogens is 5. The van der Waals surface area contributed by atoms with E-state index in [1.807, 2.05) is 36.4 Å². The molecule has 7 aromatic carbocycles. The fraction of sp³-hybridized carbons (Fsp3) is 0. The Morgan fingerprint density at radius 3 is 1.70 bits per heavy atom. The number of benzene rings is 7. The van der Waals surface area contributed by atoms with Gasteiger partial charge in [0.15, 0.2) is 5.82 Å². The van der Waals surface area contributed by atoms with Crippen LogP contribution < -0.4 is 0 Å². The highest BCUT2D eigenvalue weighted by atomic mass is 32.1. The van der Waals surface area contributed by atoms with Crippen LogP contribution in [0, 0.1) is 0 Å². The van der Waals surface area contributed by atoms with Crippen molar-refractivity contribution in [2.24, 2.45) is 0 Å². The van der Waals surface area contributed by atoms with E-state index in [-0.39, 0.29) is 0 Å². The number of nitrogens with zero attached hydrogens (tertiary/aromatic N) is 5. The molecule has 53 heavy (non-hydrogen) atoms. The van der Waals surface area contributed by atoms with Gasteiger partial charge in [-0.3, -0.25) is 0 Å². The molecule has 0 amide bonds. The fourth-order valence-electron chi connectivity index (χ4n) is 7.11. The highest BCUT2D eigenvalue weighted by Gasteiger charge is 2.16. The molecule has 0 aliphatic carbocycles. The summed E-state index contributed by atoms with van der Waals surface area (Å²) in [5, 5.41) is 3.26. The van der Waals surface area contributed by atoms with Crippen LogP contribution in [-0.4, -0.2) is 23.7 Å². The van der Waals surface area contributed by atoms with Crippen LogP contribution in [-0.2, 0) is 0 Å². The van der Waals surface area contributed by atoms with Gasteiger partial charge in [0.25, 0.3) is 0 Å². The number of hydrogen-bond donors (Lipinski definition) is 0. The van der Waals surface area contributed by atoms with Crippen molar-refractivity contribution in [1.29, 1.82) is 0 Å². The van der Waals surface area contributed by atoms with Crippen LogP contribution in [0.25, 0.3) is 100 Å². The van der Waals surface area contributed by atoms with Crippen LogP contribution >= 0.6 is 11.7 Å². The standard InChI is InChI=1S/C47H29N5S/c1-3-10-30(11-4-1)31-20-24-35(25-21-31)47-49-42(33-12-5-2-6-13-33)29-43(50-47)37-15-9-14-36(28-37)32-18-22-34(23-19-32)45-39-26-27-41-46(52-53-51-41)44(39)38-16-7-8-17-40(38)48-45/h1-29H. The molecule has 0 aliphatic heterocycles. The number of pyridine rings is 1. The normalized spacial score (nSPS) is 11.4. The van der Waals surface area contributed by atoms with Gasteiger partial charge in [-0.2, -0.15) is 8.75 Å². The van der Waals surface area contributed by atoms with E-state index in [1.165, 1.54) is 17.3 Å². The van der Waals surface area contributed by atoms with Gasteiger partial charge in [-0.25, -0.2) is 15.0 Å². The lowest BCUT2D eigenvalue weighted by Crippen LogP contribution is -1.96. The molecule has 0 unspecified atom stereocenters. The molecule has 0 saturated heterocycles.